The van der Waals surface area contributed by atoms with Gasteiger partial charge in [0.2, 0.25) is 5.91 Å². The first-order valence-electron chi connectivity index (χ1n) is 15.0. The molecule has 2 heterocycles. The van der Waals surface area contributed by atoms with Crippen molar-refractivity contribution in [3.63, 3.8) is 0 Å². The molecule has 0 spiro atoms. The van der Waals surface area contributed by atoms with Gasteiger partial charge in [-0.15, -0.1) is 0 Å². The standard InChI is InChI=1S/C35H42N4O4/c1-25(2)31(33(41)43-5)36(4)34(42)37-21-22-38(26(3)23-37)32(40)30-24-39(30)35(27-15-9-6-10-16-27,28-17-11-7-12-18-28)29-19-13-8-14-20-29/h6-20,25-26,30-31H,21-24H2,1-5H3/t26-,30?,31?,39?/m1/s1. The van der Waals surface area contributed by atoms with E-state index in [4.69, 9.17) is 4.74 Å². The van der Waals surface area contributed by atoms with E-state index >= 15 is 0 Å². The summed E-state index contributed by atoms with van der Waals surface area (Å²) in [4.78, 5) is 47.4. The Hall–Kier alpha value is -4.17. The fourth-order valence-corrected chi connectivity index (χ4v) is 6.75. The van der Waals surface area contributed by atoms with Crippen molar-refractivity contribution in [2.75, 3.05) is 40.3 Å². The number of likely N-dealkylation sites (N-methyl/N-ethyl adjacent to an activating group) is 1. The number of urea groups is 1. The van der Waals surface area contributed by atoms with E-state index in [0.717, 1.165) is 16.7 Å². The number of esters is 1. The molecule has 0 aromatic heterocycles. The van der Waals surface area contributed by atoms with Crippen LogP contribution in [0.5, 0.6) is 0 Å². The molecule has 3 aromatic carbocycles. The molecule has 2 fully saturated rings. The van der Waals surface area contributed by atoms with Crippen LogP contribution in [0, 0.1) is 5.92 Å². The van der Waals surface area contributed by atoms with Gasteiger partial charge in [0.05, 0.1) is 12.6 Å². The Kier molecular flexibility index (Phi) is 8.87. The number of hydrogen-bond donors (Lipinski definition) is 0. The number of benzene rings is 3. The average Bonchev–Trinajstić information content (AvgIpc) is 3.83. The van der Waals surface area contributed by atoms with E-state index in [9.17, 15) is 14.4 Å². The molecule has 0 radical (unpaired) electrons. The highest BCUT2D eigenvalue weighted by Crippen LogP contribution is 2.48. The van der Waals surface area contributed by atoms with E-state index in [1.807, 2.05) is 43.9 Å². The quantitative estimate of drug-likeness (QED) is 0.223. The van der Waals surface area contributed by atoms with E-state index in [2.05, 4.69) is 77.7 Å². The maximum atomic E-state index is 14.2. The van der Waals surface area contributed by atoms with Crippen molar-refractivity contribution in [3.05, 3.63) is 108 Å². The Morgan fingerprint density at radius 2 is 1.30 bits per heavy atom. The summed E-state index contributed by atoms with van der Waals surface area (Å²) in [5.74, 6) is -0.448. The van der Waals surface area contributed by atoms with Crippen molar-refractivity contribution in [3.8, 4) is 0 Å². The SMILES string of the molecule is COC(=O)C(C(C)C)N(C)C(=O)N1CCN(C(=O)C2CN2C(c2ccccc2)(c2ccccc2)c2ccccc2)[C@H](C)C1. The van der Waals surface area contributed by atoms with E-state index in [1.54, 1.807) is 11.9 Å². The summed E-state index contributed by atoms with van der Waals surface area (Å²) < 4.78 is 4.96. The van der Waals surface area contributed by atoms with Crippen LogP contribution in [0.3, 0.4) is 0 Å². The molecule has 43 heavy (non-hydrogen) atoms. The molecule has 0 aliphatic carbocycles. The maximum absolute atomic E-state index is 14.2. The second-order valence-corrected chi connectivity index (χ2v) is 11.9. The zero-order chi connectivity index (χ0) is 30.7. The Bertz CT molecular complexity index is 1320. The van der Waals surface area contributed by atoms with Crippen molar-refractivity contribution < 1.29 is 19.1 Å². The molecule has 0 N–H and O–H groups in total. The number of carbonyl (C=O) groups excluding carboxylic acids is 3. The van der Waals surface area contributed by atoms with Crippen molar-refractivity contribution >= 4 is 17.9 Å². The minimum atomic E-state index is -0.672. The lowest BCUT2D eigenvalue weighted by molar-refractivity contribution is -0.147. The van der Waals surface area contributed by atoms with E-state index in [0.29, 0.717) is 26.2 Å². The molecule has 2 aliphatic rings. The molecular formula is C35H42N4O4. The van der Waals surface area contributed by atoms with Gasteiger partial charge in [-0.05, 0) is 29.5 Å². The summed E-state index contributed by atoms with van der Waals surface area (Å²) in [6.45, 7) is 7.64. The molecule has 3 amide bonds. The molecule has 3 unspecified atom stereocenters. The minimum Gasteiger partial charge on any atom is -0.467 e. The number of methoxy groups -OCH3 is 1. The fraction of sp³-hybridized carbons (Fsp3) is 0.400. The second kappa shape index (κ2) is 12.6. The number of rotatable bonds is 8. The van der Waals surface area contributed by atoms with E-state index in [1.165, 1.54) is 12.0 Å². The first kappa shape index (κ1) is 30.3. The molecule has 8 heteroatoms. The molecule has 2 aliphatic heterocycles. The van der Waals surface area contributed by atoms with Gasteiger partial charge in [0.25, 0.3) is 0 Å². The monoisotopic (exact) mass is 582 g/mol. The van der Waals surface area contributed by atoms with Crippen molar-refractivity contribution in [1.82, 2.24) is 19.6 Å². The van der Waals surface area contributed by atoms with E-state index < -0.39 is 17.6 Å². The van der Waals surface area contributed by atoms with Gasteiger partial charge >= 0.3 is 12.0 Å². The summed E-state index contributed by atoms with van der Waals surface area (Å²) >= 11 is 0. The molecule has 4 atom stereocenters. The van der Waals surface area contributed by atoms with Gasteiger partial charge in [0, 0.05) is 39.3 Å². The molecule has 0 bridgehead atoms. The van der Waals surface area contributed by atoms with Crippen LogP contribution in [0.1, 0.15) is 37.5 Å². The van der Waals surface area contributed by atoms with Gasteiger partial charge < -0.3 is 19.4 Å². The summed E-state index contributed by atoms with van der Waals surface area (Å²) in [7, 11) is 2.98. The lowest BCUT2D eigenvalue weighted by Gasteiger charge is -2.43. The van der Waals surface area contributed by atoms with Crippen molar-refractivity contribution in [2.24, 2.45) is 5.92 Å². The van der Waals surface area contributed by atoms with Gasteiger partial charge in [-0.2, -0.15) is 0 Å². The lowest BCUT2D eigenvalue weighted by Crippen LogP contribution is -2.60. The third-order valence-electron chi connectivity index (χ3n) is 8.88. The average molecular weight is 583 g/mol. The van der Waals surface area contributed by atoms with Gasteiger partial charge in [0.1, 0.15) is 12.1 Å². The van der Waals surface area contributed by atoms with Crippen LogP contribution >= 0.6 is 0 Å². The highest BCUT2D eigenvalue weighted by atomic mass is 16.5. The molecular weight excluding hydrogens is 540 g/mol. The van der Waals surface area contributed by atoms with Crippen LogP contribution in [-0.4, -0.2) is 96.0 Å². The zero-order valence-electron chi connectivity index (χ0n) is 25.7. The second-order valence-electron chi connectivity index (χ2n) is 11.9. The third-order valence-corrected chi connectivity index (χ3v) is 8.88. The number of hydrogen-bond acceptors (Lipinski definition) is 5. The number of nitrogens with zero attached hydrogens (tertiary/aromatic N) is 4. The summed E-state index contributed by atoms with van der Waals surface area (Å²) in [5, 5.41) is 0. The topological polar surface area (TPSA) is 73.2 Å². The Morgan fingerprint density at radius 1 is 0.814 bits per heavy atom. The predicted molar refractivity (Wildman–Crippen MR) is 166 cm³/mol. The Labute approximate surface area is 254 Å². The minimum absolute atomic E-state index is 0.0785. The van der Waals surface area contributed by atoms with Crippen molar-refractivity contribution in [2.45, 2.75) is 44.4 Å². The summed E-state index contributed by atoms with van der Waals surface area (Å²) in [6.07, 6.45) is 0. The Balaban J connectivity index is 1.38. The highest BCUT2D eigenvalue weighted by molar-refractivity contribution is 5.87. The normalized spacial score (nSPS) is 20.8. The van der Waals surface area contributed by atoms with Gasteiger partial charge in [-0.1, -0.05) is 105 Å². The van der Waals surface area contributed by atoms with Gasteiger partial charge in [-0.3, -0.25) is 9.69 Å². The Morgan fingerprint density at radius 3 is 1.72 bits per heavy atom. The lowest BCUT2D eigenvalue weighted by atomic mass is 9.76. The molecule has 5 rings (SSSR count). The molecule has 0 saturated carbocycles. The third kappa shape index (κ3) is 5.64. The molecule has 8 nitrogen and oxygen atoms in total. The van der Waals surface area contributed by atoms with Gasteiger partial charge in [-0.25, -0.2) is 9.59 Å². The van der Waals surface area contributed by atoms with Crippen LogP contribution in [-0.2, 0) is 19.9 Å². The molecule has 3 aromatic rings. The number of amides is 3. The highest BCUT2D eigenvalue weighted by Gasteiger charge is 2.57. The van der Waals surface area contributed by atoms with Crippen LogP contribution < -0.4 is 0 Å². The fourth-order valence-electron chi connectivity index (χ4n) is 6.75. The number of ether oxygens (including phenoxy) is 1. The number of piperazine rings is 1. The summed E-state index contributed by atoms with van der Waals surface area (Å²) in [5.41, 5.74) is 2.70. The first-order chi connectivity index (χ1) is 20.7. The van der Waals surface area contributed by atoms with Crippen molar-refractivity contribution in [1.29, 1.82) is 0 Å². The zero-order valence-corrected chi connectivity index (χ0v) is 25.7. The predicted octanol–water partition coefficient (Wildman–Crippen LogP) is 4.44. The van der Waals surface area contributed by atoms with E-state index in [-0.39, 0.29) is 29.9 Å². The first-order valence-corrected chi connectivity index (χ1v) is 15.0. The largest absolute Gasteiger partial charge is 0.467 e. The van der Waals surface area contributed by atoms with Crippen LogP contribution in [0.25, 0.3) is 0 Å². The summed E-state index contributed by atoms with van der Waals surface area (Å²) in [6, 6.07) is 29.8. The smallest absolute Gasteiger partial charge is 0.328 e. The van der Waals surface area contributed by atoms with Crippen LogP contribution in [0.15, 0.2) is 91.0 Å². The molecule has 2 saturated heterocycles. The van der Waals surface area contributed by atoms with Crippen LogP contribution in [0.2, 0.25) is 0 Å². The van der Waals surface area contributed by atoms with Gasteiger partial charge in [0.15, 0.2) is 0 Å². The maximum Gasteiger partial charge on any atom is 0.328 e. The van der Waals surface area contributed by atoms with Crippen LogP contribution in [0.4, 0.5) is 4.79 Å². The number of carbonyl (C=O) groups is 3. The molecule has 226 valence electrons.